The molecule has 1 heterocycles. The van der Waals surface area contributed by atoms with E-state index in [1.165, 1.54) is 0 Å². The largest absolute Gasteiger partial charge is 0.318 e. The van der Waals surface area contributed by atoms with Gasteiger partial charge >= 0.3 is 0 Å². The Morgan fingerprint density at radius 2 is 2.24 bits per heavy atom. The molecule has 0 saturated heterocycles. The molecular formula is C12H22N4O. The lowest BCUT2D eigenvalue weighted by Gasteiger charge is -2.21. The Bertz CT molecular complexity index is 370. The van der Waals surface area contributed by atoms with Crippen molar-refractivity contribution in [3.63, 3.8) is 0 Å². The Kier molecular flexibility index (Phi) is 4.69. The van der Waals surface area contributed by atoms with Crippen LogP contribution in [0.1, 0.15) is 45.7 Å². The van der Waals surface area contributed by atoms with Crippen LogP contribution in [0.5, 0.6) is 0 Å². The first-order chi connectivity index (χ1) is 7.99. The highest BCUT2D eigenvalue weighted by Gasteiger charge is 2.27. The van der Waals surface area contributed by atoms with Crippen molar-refractivity contribution in [2.24, 2.45) is 5.73 Å². The zero-order valence-electron chi connectivity index (χ0n) is 10.8. The Balaban J connectivity index is 2.61. The molecule has 5 heteroatoms. The van der Waals surface area contributed by atoms with Gasteiger partial charge in [0.1, 0.15) is 0 Å². The van der Waals surface area contributed by atoms with E-state index < -0.39 is 5.54 Å². The standard InChI is InChI=1S/C12H22N4O/c1-4-6-9-8-10(16-15-9)14-11(17)12(3,13)7-5-2/h8H,4-7,13H2,1-3H3,(H2,14,15,16,17). The smallest absolute Gasteiger partial charge is 0.245 e. The molecule has 96 valence electrons. The quantitative estimate of drug-likeness (QED) is 0.706. The number of carbonyl (C=O) groups excluding carboxylic acids is 1. The third-order valence-electron chi connectivity index (χ3n) is 2.68. The minimum Gasteiger partial charge on any atom is -0.318 e. The molecule has 1 atom stereocenters. The summed E-state index contributed by atoms with van der Waals surface area (Å²) in [6.45, 7) is 5.84. The average Bonchev–Trinajstić information content (AvgIpc) is 2.66. The summed E-state index contributed by atoms with van der Waals surface area (Å²) >= 11 is 0. The second kappa shape index (κ2) is 5.82. The van der Waals surface area contributed by atoms with Crippen LogP contribution in [0, 0.1) is 0 Å². The van der Waals surface area contributed by atoms with E-state index in [2.05, 4.69) is 22.4 Å². The molecule has 0 aliphatic carbocycles. The van der Waals surface area contributed by atoms with Gasteiger partial charge in [-0.1, -0.05) is 26.7 Å². The first-order valence-electron chi connectivity index (χ1n) is 6.14. The average molecular weight is 238 g/mol. The summed E-state index contributed by atoms with van der Waals surface area (Å²) in [5.41, 5.74) is 6.12. The van der Waals surface area contributed by atoms with Gasteiger partial charge in [0.25, 0.3) is 0 Å². The fourth-order valence-electron chi connectivity index (χ4n) is 1.72. The van der Waals surface area contributed by atoms with E-state index in [1.54, 1.807) is 6.92 Å². The van der Waals surface area contributed by atoms with Gasteiger partial charge in [-0.2, -0.15) is 5.10 Å². The van der Waals surface area contributed by atoms with Crippen LogP contribution in [-0.2, 0) is 11.2 Å². The Labute approximate surface area is 102 Å². The number of H-pyrrole nitrogens is 1. The van der Waals surface area contributed by atoms with Crippen LogP contribution in [0.15, 0.2) is 6.07 Å². The Hall–Kier alpha value is -1.36. The lowest BCUT2D eigenvalue weighted by atomic mass is 9.97. The fourth-order valence-corrected chi connectivity index (χ4v) is 1.72. The molecule has 1 unspecified atom stereocenters. The number of nitrogens with one attached hydrogen (secondary N) is 2. The van der Waals surface area contributed by atoms with E-state index >= 15 is 0 Å². The molecule has 0 radical (unpaired) electrons. The third kappa shape index (κ3) is 3.85. The van der Waals surface area contributed by atoms with Crippen LogP contribution >= 0.6 is 0 Å². The zero-order chi connectivity index (χ0) is 12.9. The van der Waals surface area contributed by atoms with Crippen molar-refractivity contribution in [2.75, 3.05) is 5.32 Å². The van der Waals surface area contributed by atoms with Gasteiger partial charge in [0.05, 0.1) is 5.54 Å². The van der Waals surface area contributed by atoms with Gasteiger partial charge in [0, 0.05) is 11.8 Å². The lowest BCUT2D eigenvalue weighted by molar-refractivity contribution is -0.120. The van der Waals surface area contributed by atoms with Gasteiger partial charge in [0.15, 0.2) is 5.82 Å². The van der Waals surface area contributed by atoms with E-state index in [0.29, 0.717) is 12.2 Å². The highest BCUT2D eigenvalue weighted by atomic mass is 16.2. The van der Waals surface area contributed by atoms with Crippen LogP contribution in [0.2, 0.25) is 0 Å². The second-order valence-electron chi connectivity index (χ2n) is 4.65. The molecule has 17 heavy (non-hydrogen) atoms. The normalized spacial score (nSPS) is 14.4. The number of hydrogen-bond acceptors (Lipinski definition) is 3. The molecule has 5 nitrogen and oxygen atoms in total. The zero-order valence-corrected chi connectivity index (χ0v) is 10.8. The third-order valence-corrected chi connectivity index (χ3v) is 2.68. The topological polar surface area (TPSA) is 83.8 Å². The highest BCUT2D eigenvalue weighted by molar-refractivity contribution is 5.96. The molecule has 0 spiro atoms. The Morgan fingerprint density at radius 1 is 1.53 bits per heavy atom. The fraction of sp³-hybridized carbons (Fsp3) is 0.667. The predicted octanol–water partition coefficient (Wildman–Crippen LogP) is 1.82. The minimum absolute atomic E-state index is 0.186. The number of rotatable bonds is 6. The maximum atomic E-state index is 11.9. The van der Waals surface area contributed by atoms with Gasteiger partial charge in [0.2, 0.25) is 5.91 Å². The van der Waals surface area contributed by atoms with E-state index in [-0.39, 0.29) is 5.91 Å². The van der Waals surface area contributed by atoms with Gasteiger partial charge in [-0.15, -0.1) is 0 Å². The molecule has 1 aromatic rings. The van der Waals surface area contributed by atoms with E-state index in [0.717, 1.165) is 25.0 Å². The van der Waals surface area contributed by atoms with Crippen LogP contribution in [0.4, 0.5) is 5.82 Å². The molecule has 4 N–H and O–H groups in total. The van der Waals surface area contributed by atoms with Crippen molar-refractivity contribution in [1.82, 2.24) is 10.2 Å². The maximum absolute atomic E-state index is 11.9. The van der Waals surface area contributed by atoms with Crippen molar-refractivity contribution in [2.45, 2.75) is 52.0 Å². The monoisotopic (exact) mass is 238 g/mol. The number of aromatic amines is 1. The second-order valence-corrected chi connectivity index (χ2v) is 4.65. The molecule has 1 amide bonds. The minimum atomic E-state index is -0.835. The van der Waals surface area contributed by atoms with Crippen molar-refractivity contribution >= 4 is 11.7 Å². The molecule has 0 aliphatic rings. The number of nitrogens with two attached hydrogens (primary N) is 1. The maximum Gasteiger partial charge on any atom is 0.245 e. The van der Waals surface area contributed by atoms with Crippen molar-refractivity contribution in [1.29, 1.82) is 0 Å². The van der Waals surface area contributed by atoms with Crippen molar-refractivity contribution in [3.05, 3.63) is 11.8 Å². The first kappa shape index (κ1) is 13.7. The van der Waals surface area contributed by atoms with Gasteiger partial charge < -0.3 is 11.1 Å². The van der Waals surface area contributed by atoms with Crippen LogP contribution < -0.4 is 11.1 Å². The van der Waals surface area contributed by atoms with Gasteiger partial charge in [-0.05, 0) is 19.8 Å². The number of hydrogen-bond donors (Lipinski definition) is 3. The number of anilines is 1. The Morgan fingerprint density at radius 3 is 2.82 bits per heavy atom. The molecule has 0 fully saturated rings. The SMILES string of the molecule is CCCc1cc(NC(=O)C(C)(N)CCC)n[nH]1. The predicted molar refractivity (Wildman–Crippen MR) is 68.7 cm³/mol. The number of aromatic nitrogens is 2. The summed E-state index contributed by atoms with van der Waals surface area (Å²) in [7, 11) is 0. The summed E-state index contributed by atoms with van der Waals surface area (Å²) < 4.78 is 0. The first-order valence-corrected chi connectivity index (χ1v) is 6.14. The number of amides is 1. The van der Waals surface area contributed by atoms with Crippen molar-refractivity contribution in [3.8, 4) is 0 Å². The molecule has 1 aromatic heterocycles. The molecule has 0 aliphatic heterocycles. The van der Waals surface area contributed by atoms with E-state index in [4.69, 9.17) is 5.73 Å². The van der Waals surface area contributed by atoms with E-state index in [1.807, 2.05) is 13.0 Å². The summed E-state index contributed by atoms with van der Waals surface area (Å²) in [5, 5.41) is 9.67. The molecule has 0 aromatic carbocycles. The van der Waals surface area contributed by atoms with Crippen molar-refractivity contribution < 1.29 is 4.79 Å². The summed E-state index contributed by atoms with van der Waals surface area (Å²) in [5.74, 6) is 0.361. The van der Waals surface area contributed by atoms with Crippen LogP contribution in [-0.4, -0.2) is 21.6 Å². The van der Waals surface area contributed by atoms with Gasteiger partial charge in [-0.3, -0.25) is 9.89 Å². The van der Waals surface area contributed by atoms with Crippen LogP contribution in [0.3, 0.4) is 0 Å². The number of carbonyl (C=O) groups is 1. The lowest BCUT2D eigenvalue weighted by Crippen LogP contribution is -2.48. The van der Waals surface area contributed by atoms with Gasteiger partial charge in [-0.25, -0.2) is 0 Å². The highest BCUT2D eigenvalue weighted by Crippen LogP contribution is 2.13. The summed E-state index contributed by atoms with van der Waals surface area (Å²) in [6.07, 6.45) is 3.50. The molecule has 0 saturated carbocycles. The number of aryl methyl sites for hydroxylation is 1. The summed E-state index contributed by atoms with van der Waals surface area (Å²) in [6, 6.07) is 1.85. The van der Waals surface area contributed by atoms with E-state index in [9.17, 15) is 4.79 Å². The molecule has 0 bridgehead atoms. The number of nitrogens with zero attached hydrogens (tertiary/aromatic N) is 1. The molecule has 1 rings (SSSR count). The van der Waals surface area contributed by atoms with Crippen LogP contribution in [0.25, 0.3) is 0 Å². The molecular weight excluding hydrogens is 216 g/mol. The summed E-state index contributed by atoms with van der Waals surface area (Å²) in [4.78, 5) is 11.9.